The van der Waals surface area contributed by atoms with Crippen LogP contribution < -0.4 is 10.1 Å². The van der Waals surface area contributed by atoms with Crippen LogP contribution >= 0.6 is 15.9 Å². The van der Waals surface area contributed by atoms with Gasteiger partial charge in [-0.1, -0.05) is 15.9 Å². The summed E-state index contributed by atoms with van der Waals surface area (Å²) >= 11 is 3.47. The van der Waals surface area contributed by atoms with Gasteiger partial charge in [0.2, 0.25) is 0 Å². The lowest BCUT2D eigenvalue weighted by molar-refractivity contribution is 0.177. The number of rotatable bonds is 3. The molecule has 1 aliphatic rings. The Bertz CT molecular complexity index is 408. The molecule has 1 atom stereocenters. The molecule has 1 unspecified atom stereocenters. The van der Waals surface area contributed by atoms with Crippen molar-refractivity contribution in [3.63, 3.8) is 0 Å². The summed E-state index contributed by atoms with van der Waals surface area (Å²) in [5.74, 6) is 0.809. The van der Waals surface area contributed by atoms with Crippen LogP contribution in [0.25, 0.3) is 0 Å². The number of carbonyl (C=O) groups excluding carboxylic acids is 1. The molecule has 1 aliphatic heterocycles. The summed E-state index contributed by atoms with van der Waals surface area (Å²) in [6, 6.07) is 5.81. The third-order valence-corrected chi connectivity index (χ3v) is 3.23. The van der Waals surface area contributed by atoms with E-state index in [1.54, 1.807) is 7.11 Å². The molecule has 0 aromatic heterocycles. The lowest BCUT2D eigenvalue weighted by atomic mass is 10.1. The fourth-order valence-electron chi connectivity index (χ4n) is 1.64. The number of amides is 1. The molecule has 0 bridgehead atoms. The summed E-state index contributed by atoms with van der Waals surface area (Å²) in [5, 5.41) is 2.74. The monoisotopic (exact) mass is 285 g/mol. The van der Waals surface area contributed by atoms with E-state index in [4.69, 9.17) is 9.47 Å². The van der Waals surface area contributed by atoms with Crippen molar-refractivity contribution < 1.29 is 14.3 Å². The van der Waals surface area contributed by atoms with Crippen LogP contribution in [0, 0.1) is 0 Å². The summed E-state index contributed by atoms with van der Waals surface area (Å²) in [4.78, 5) is 10.9. The fourth-order valence-corrected chi connectivity index (χ4v) is 2.04. The average Bonchev–Trinajstić information content (AvgIpc) is 2.67. The molecule has 86 valence electrons. The molecule has 5 heteroatoms. The lowest BCUT2D eigenvalue weighted by Gasteiger charge is -2.10. The van der Waals surface area contributed by atoms with E-state index in [0.29, 0.717) is 6.61 Å². The van der Waals surface area contributed by atoms with E-state index in [9.17, 15) is 4.79 Å². The Morgan fingerprint density at radius 3 is 3.06 bits per heavy atom. The molecule has 16 heavy (non-hydrogen) atoms. The molecule has 4 nitrogen and oxygen atoms in total. The second-order valence-electron chi connectivity index (χ2n) is 3.60. The molecule has 0 radical (unpaired) electrons. The van der Waals surface area contributed by atoms with E-state index in [2.05, 4.69) is 21.2 Å². The molecule has 1 aromatic carbocycles. The molecule has 1 amide bonds. The van der Waals surface area contributed by atoms with Crippen molar-refractivity contribution in [3.05, 3.63) is 28.2 Å². The van der Waals surface area contributed by atoms with Gasteiger partial charge in [-0.3, -0.25) is 0 Å². The topological polar surface area (TPSA) is 47.6 Å². The normalized spacial score (nSPS) is 19.1. The molecule has 0 saturated carbocycles. The van der Waals surface area contributed by atoms with Gasteiger partial charge in [0.25, 0.3) is 0 Å². The maximum Gasteiger partial charge on any atom is 0.407 e. The Morgan fingerprint density at radius 2 is 2.44 bits per heavy atom. The molecule has 2 rings (SSSR count). The minimum absolute atomic E-state index is 0.0379. The van der Waals surface area contributed by atoms with Crippen LogP contribution in [0.15, 0.2) is 22.7 Å². The highest BCUT2D eigenvalue weighted by Crippen LogP contribution is 2.24. The molecule has 1 heterocycles. The SMILES string of the molecule is COc1ccc(Br)c(CC2COC(=O)N2)c1. The van der Waals surface area contributed by atoms with Gasteiger partial charge in [-0.05, 0) is 30.2 Å². The second-order valence-corrected chi connectivity index (χ2v) is 4.46. The molecule has 0 spiro atoms. The van der Waals surface area contributed by atoms with E-state index in [1.807, 2.05) is 18.2 Å². The van der Waals surface area contributed by atoms with Gasteiger partial charge in [-0.25, -0.2) is 4.79 Å². The van der Waals surface area contributed by atoms with Crippen molar-refractivity contribution in [1.82, 2.24) is 5.32 Å². The van der Waals surface area contributed by atoms with Crippen LogP contribution in [-0.2, 0) is 11.2 Å². The number of benzene rings is 1. The summed E-state index contributed by atoms with van der Waals surface area (Å²) in [6.45, 7) is 0.419. The lowest BCUT2D eigenvalue weighted by Crippen LogP contribution is -2.28. The van der Waals surface area contributed by atoms with Gasteiger partial charge in [-0.2, -0.15) is 0 Å². The number of nitrogens with one attached hydrogen (secondary N) is 1. The standard InChI is InChI=1S/C11H12BrNO3/c1-15-9-2-3-10(12)7(5-9)4-8-6-16-11(14)13-8/h2-3,5,8H,4,6H2,1H3,(H,13,14). The molecule has 1 saturated heterocycles. The summed E-state index contributed by atoms with van der Waals surface area (Å²) in [5.41, 5.74) is 1.09. The Balaban J connectivity index is 2.11. The fraction of sp³-hybridized carbons (Fsp3) is 0.364. The highest BCUT2D eigenvalue weighted by molar-refractivity contribution is 9.10. The van der Waals surface area contributed by atoms with Crippen LogP contribution in [0.2, 0.25) is 0 Å². The number of methoxy groups -OCH3 is 1. The van der Waals surface area contributed by atoms with Gasteiger partial charge in [-0.15, -0.1) is 0 Å². The Morgan fingerprint density at radius 1 is 1.62 bits per heavy atom. The van der Waals surface area contributed by atoms with Gasteiger partial charge in [0.05, 0.1) is 13.2 Å². The number of hydrogen-bond acceptors (Lipinski definition) is 3. The average molecular weight is 286 g/mol. The zero-order chi connectivity index (χ0) is 11.5. The van der Waals surface area contributed by atoms with Crippen LogP contribution in [-0.4, -0.2) is 25.9 Å². The number of hydrogen-bond donors (Lipinski definition) is 1. The molecular formula is C11H12BrNO3. The third kappa shape index (κ3) is 2.47. The highest BCUT2D eigenvalue weighted by Gasteiger charge is 2.23. The quantitative estimate of drug-likeness (QED) is 0.925. The van der Waals surface area contributed by atoms with Crippen molar-refractivity contribution in [2.24, 2.45) is 0 Å². The number of carbonyl (C=O) groups is 1. The molecule has 1 fully saturated rings. The predicted molar refractivity (Wildman–Crippen MR) is 62.7 cm³/mol. The summed E-state index contributed by atoms with van der Waals surface area (Å²) in [7, 11) is 1.63. The number of cyclic esters (lactones) is 1. The smallest absolute Gasteiger partial charge is 0.407 e. The maximum atomic E-state index is 10.9. The zero-order valence-corrected chi connectivity index (χ0v) is 10.4. The summed E-state index contributed by atoms with van der Waals surface area (Å²) in [6.07, 6.45) is 0.382. The minimum atomic E-state index is -0.344. The molecule has 1 N–H and O–H groups in total. The largest absolute Gasteiger partial charge is 0.497 e. The van der Waals surface area contributed by atoms with Crippen LogP contribution in [0.1, 0.15) is 5.56 Å². The molecule has 1 aromatic rings. The van der Waals surface area contributed by atoms with Crippen molar-refractivity contribution in [2.75, 3.05) is 13.7 Å². The first kappa shape index (κ1) is 11.3. The van der Waals surface area contributed by atoms with Gasteiger partial charge in [0.1, 0.15) is 12.4 Å². The Labute approximate surface area is 102 Å². The van der Waals surface area contributed by atoms with Gasteiger partial charge < -0.3 is 14.8 Å². The van der Waals surface area contributed by atoms with Crippen LogP contribution in [0.3, 0.4) is 0 Å². The van der Waals surface area contributed by atoms with Crippen LogP contribution in [0.5, 0.6) is 5.75 Å². The van der Waals surface area contributed by atoms with E-state index < -0.39 is 0 Å². The van der Waals surface area contributed by atoms with Gasteiger partial charge in [0, 0.05) is 4.47 Å². The predicted octanol–water partition coefficient (Wildman–Crippen LogP) is 2.11. The number of ether oxygens (including phenoxy) is 2. The second kappa shape index (κ2) is 4.74. The number of alkyl carbamates (subject to hydrolysis) is 1. The zero-order valence-electron chi connectivity index (χ0n) is 8.83. The van der Waals surface area contributed by atoms with E-state index in [-0.39, 0.29) is 12.1 Å². The van der Waals surface area contributed by atoms with Gasteiger partial charge in [0.15, 0.2) is 0 Å². The van der Waals surface area contributed by atoms with E-state index in [0.717, 1.165) is 22.2 Å². The highest BCUT2D eigenvalue weighted by atomic mass is 79.9. The minimum Gasteiger partial charge on any atom is -0.497 e. The first-order chi connectivity index (χ1) is 7.69. The Kier molecular flexibility index (Phi) is 3.33. The maximum absolute atomic E-state index is 10.9. The summed E-state index contributed by atoms with van der Waals surface area (Å²) < 4.78 is 11.0. The number of halogens is 1. The Hall–Kier alpha value is -1.23. The van der Waals surface area contributed by atoms with Crippen molar-refractivity contribution in [1.29, 1.82) is 0 Å². The van der Waals surface area contributed by atoms with Crippen molar-refractivity contribution in [3.8, 4) is 5.75 Å². The van der Waals surface area contributed by atoms with Crippen molar-refractivity contribution >= 4 is 22.0 Å². The molecule has 0 aliphatic carbocycles. The van der Waals surface area contributed by atoms with Crippen molar-refractivity contribution in [2.45, 2.75) is 12.5 Å². The van der Waals surface area contributed by atoms with Gasteiger partial charge >= 0.3 is 6.09 Å². The third-order valence-electron chi connectivity index (χ3n) is 2.46. The van der Waals surface area contributed by atoms with Crippen LogP contribution in [0.4, 0.5) is 4.79 Å². The van der Waals surface area contributed by atoms with E-state index in [1.165, 1.54) is 0 Å². The first-order valence-corrected chi connectivity index (χ1v) is 5.74. The van der Waals surface area contributed by atoms with E-state index >= 15 is 0 Å². The first-order valence-electron chi connectivity index (χ1n) is 4.95. The molecular weight excluding hydrogens is 274 g/mol.